The van der Waals surface area contributed by atoms with Gasteiger partial charge in [-0.05, 0) is 74.2 Å². The Bertz CT molecular complexity index is 1590. The Morgan fingerprint density at radius 3 is 2.24 bits per heavy atom. The quantitative estimate of drug-likeness (QED) is 0.217. The van der Waals surface area contributed by atoms with E-state index in [2.05, 4.69) is 5.32 Å². The monoisotopic (exact) mass is 671 g/mol. The number of amides is 2. The second-order valence-electron chi connectivity index (χ2n) is 11.0. The Labute approximate surface area is 276 Å². The van der Waals surface area contributed by atoms with E-state index in [1.807, 2.05) is 13.8 Å². The number of anilines is 1. The summed E-state index contributed by atoms with van der Waals surface area (Å²) in [6.45, 7) is 3.55. The maximum absolute atomic E-state index is 14.4. The zero-order valence-corrected chi connectivity index (χ0v) is 28.3. The van der Waals surface area contributed by atoms with Crippen molar-refractivity contribution in [1.29, 1.82) is 0 Å². The predicted octanol–water partition coefficient (Wildman–Crippen LogP) is 5.82. The maximum Gasteiger partial charge on any atom is 0.264 e. The highest BCUT2D eigenvalue weighted by Crippen LogP contribution is 2.33. The summed E-state index contributed by atoms with van der Waals surface area (Å²) < 4.78 is 45.9. The highest BCUT2D eigenvalue weighted by atomic mass is 35.5. The standard InChI is InChI=1S/C34H42ClN3O7S/c1-5-30(34(40)36-25-12-8-9-13-25)37(22-24-11-7-10-14-29(24)35)33(39)23-38(26-15-17-27(18-16-26)45-6-2)46(41,42)28-19-20-31(43-3)32(21-28)44-4/h7,10-11,14-21,25,30H,5-6,8-9,12-13,22-23H2,1-4H3,(H,36,40)/t30-/m0/s1. The average molecular weight is 672 g/mol. The molecule has 0 saturated heterocycles. The molecule has 0 unspecified atom stereocenters. The number of hydrogen-bond donors (Lipinski definition) is 1. The lowest BCUT2D eigenvalue weighted by atomic mass is 10.1. The van der Waals surface area contributed by atoms with Gasteiger partial charge in [0.05, 0.1) is 31.4 Å². The van der Waals surface area contributed by atoms with Crippen molar-refractivity contribution in [2.45, 2.75) is 69.5 Å². The van der Waals surface area contributed by atoms with E-state index in [0.717, 1.165) is 30.0 Å². The Balaban J connectivity index is 1.76. The zero-order chi connectivity index (χ0) is 33.3. The number of halogens is 1. The molecule has 0 heterocycles. The van der Waals surface area contributed by atoms with E-state index in [9.17, 15) is 18.0 Å². The van der Waals surface area contributed by atoms with Gasteiger partial charge in [-0.15, -0.1) is 0 Å². The third kappa shape index (κ3) is 8.24. The number of hydrogen-bond acceptors (Lipinski definition) is 7. The minimum Gasteiger partial charge on any atom is -0.494 e. The molecule has 1 atom stereocenters. The van der Waals surface area contributed by atoms with Crippen LogP contribution in [0.5, 0.6) is 17.2 Å². The summed E-state index contributed by atoms with van der Waals surface area (Å²) in [6.07, 6.45) is 4.16. The fourth-order valence-corrected chi connectivity index (χ4v) is 7.23. The molecule has 4 rings (SSSR count). The van der Waals surface area contributed by atoms with Crippen molar-refractivity contribution in [3.63, 3.8) is 0 Å². The smallest absolute Gasteiger partial charge is 0.264 e. The Morgan fingerprint density at radius 1 is 0.957 bits per heavy atom. The summed E-state index contributed by atoms with van der Waals surface area (Å²) >= 11 is 6.51. The minimum atomic E-state index is -4.33. The molecule has 1 aliphatic carbocycles. The Kier molecular flexibility index (Phi) is 12.2. The molecule has 0 bridgehead atoms. The number of ether oxygens (including phenoxy) is 3. The largest absolute Gasteiger partial charge is 0.494 e. The fraction of sp³-hybridized carbons (Fsp3) is 0.412. The molecule has 1 aliphatic rings. The van der Waals surface area contributed by atoms with Crippen molar-refractivity contribution >= 4 is 39.1 Å². The van der Waals surface area contributed by atoms with Crippen molar-refractivity contribution in [1.82, 2.24) is 10.2 Å². The maximum atomic E-state index is 14.4. The molecule has 1 saturated carbocycles. The van der Waals surface area contributed by atoms with Gasteiger partial charge in [0, 0.05) is 23.7 Å². The molecular formula is C34H42ClN3O7S. The lowest BCUT2D eigenvalue weighted by molar-refractivity contribution is -0.140. The molecule has 3 aromatic rings. The molecule has 2 amide bonds. The lowest BCUT2D eigenvalue weighted by Gasteiger charge is -2.34. The van der Waals surface area contributed by atoms with Crippen molar-refractivity contribution in [2.24, 2.45) is 0 Å². The summed E-state index contributed by atoms with van der Waals surface area (Å²) in [6, 6.07) is 17.0. The fourth-order valence-electron chi connectivity index (χ4n) is 5.61. The molecule has 3 aromatic carbocycles. The molecule has 46 heavy (non-hydrogen) atoms. The van der Waals surface area contributed by atoms with Gasteiger partial charge in [-0.3, -0.25) is 13.9 Å². The van der Waals surface area contributed by atoms with Crippen LogP contribution in [0, 0.1) is 0 Å². The van der Waals surface area contributed by atoms with Gasteiger partial charge in [0.25, 0.3) is 10.0 Å². The third-order valence-corrected chi connectivity index (χ3v) is 10.2. The molecule has 0 aliphatic heterocycles. The van der Waals surface area contributed by atoms with Crippen LogP contribution in [-0.4, -0.2) is 64.6 Å². The number of rotatable bonds is 15. The van der Waals surface area contributed by atoms with Gasteiger partial charge in [0.2, 0.25) is 11.8 Å². The van der Waals surface area contributed by atoms with Gasteiger partial charge in [-0.1, -0.05) is 49.6 Å². The summed E-state index contributed by atoms with van der Waals surface area (Å²) in [7, 11) is -1.47. The number of nitrogens with one attached hydrogen (secondary N) is 1. The average Bonchev–Trinajstić information content (AvgIpc) is 3.57. The first-order valence-corrected chi connectivity index (χ1v) is 17.3. The first-order valence-electron chi connectivity index (χ1n) is 15.4. The van der Waals surface area contributed by atoms with Crippen LogP contribution in [0.2, 0.25) is 5.02 Å². The van der Waals surface area contributed by atoms with E-state index in [0.29, 0.717) is 35.1 Å². The highest BCUT2D eigenvalue weighted by molar-refractivity contribution is 7.92. The molecule has 10 nitrogen and oxygen atoms in total. The first kappa shape index (κ1) is 34.9. The van der Waals surface area contributed by atoms with Crippen LogP contribution < -0.4 is 23.8 Å². The van der Waals surface area contributed by atoms with Gasteiger partial charge in [-0.2, -0.15) is 0 Å². The van der Waals surface area contributed by atoms with Crippen LogP contribution >= 0.6 is 11.6 Å². The van der Waals surface area contributed by atoms with Gasteiger partial charge in [0.15, 0.2) is 11.5 Å². The van der Waals surface area contributed by atoms with Crippen LogP contribution in [-0.2, 0) is 26.2 Å². The molecule has 12 heteroatoms. The van der Waals surface area contributed by atoms with E-state index in [1.165, 1.54) is 37.3 Å². The number of nitrogens with zero attached hydrogens (tertiary/aromatic N) is 2. The Hall–Kier alpha value is -3.96. The van der Waals surface area contributed by atoms with E-state index in [4.69, 9.17) is 25.8 Å². The predicted molar refractivity (Wildman–Crippen MR) is 178 cm³/mol. The van der Waals surface area contributed by atoms with Crippen LogP contribution in [0.1, 0.15) is 51.5 Å². The van der Waals surface area contributed by atoms with Gasteiger partial charge in [0.1, 0.15) is 18.3 Å². The van der Waals surface area contributed by atoms with Crippen LogP contribution in [0.25, 0.3) is 0 Å². The number of carbonyl (C=O) groups excluding carboxylic acids is 2. The summed E-state index contributed by atoms with van der Waals surface area (Å²) in [5.74, 6) is 0.291. The normalized spacial score (nSPS) is 13.9. The van der Waals surface area contributed by atoms with E-state index in [-0.39, 0.29) is 34.8 Å². The SMILES string of the molecule is CCOc1ccc(N(CC(=O)N(Cc2ccccc2Cl)[C@@H](CC)C(=O)NC2CCCC2)S(=O)(=O)c2ccc(OC)c(OC)c2)cc1. The van der Waals surface area contributed by atoms with Crippen molar-refractivity contribution in [3.05, 3.63) is 77.3 Å². The minimum absolute atomic E-state index is 0.0165. The van der Waals surface area contributed by atoms with Crippen LogP contribution in [0.3, 0.4) is 0 Å². The van der Waals surface area contributed by atoms with Crippen molar-refractivity contribution in [2.75, 3.05) is 31.7 Å². The summed E-state index contributed by atoms with van der Waals surface area (Å²) in [5, 5.41) is 3.55. The number of benzene rings is 3. The molecule has 0 aromatic heterocycles. The van der Waals surface area contributed by atoms with E-state index in [1.54, 1.807) is 48.5 Å². The van der Waals surface area contributed by atoms with Crippen molar-refractivity contribution < 1.29 is 32.2 Å². The summed E-state index contributed by atoms with van der Waals surface area (Å²) in [5.41, 5.74) is 0.882. The molecule has 1 fully saturated rings. The number of methoxy groups -OCH3 is 2. The topological polar surface area (TPSA) is 114 Å². The third-order valence-electron chi connectivity index (χ3n) is 8.04. The Morgan fingerprint density at radius 2 is 1.63 bits per heavy atom. The molecule has 1 N–H and O–H groups in total. The molecule has 248 valence electrons. The number of sulfonamides is 1. The molecule has 0 radical (unpaired) electrons. The first-order chi connectivity index (χ1) is 22.1. The second kappa shape index (κ2) is 16.0. The molecular weight excluding hydrogens is 630 g/mol. The highest BCUT2D eigenvalue weighted by Gasteiger charge is 2.35. The number of carbonyl (C=O) groups is 2. The van der Waals surface area contributed by atoms with Gasteiger partial charge >= 0.3 is 0 Å². The van der Waals surface area contributed by atoms with Crippen molar-refractivity contribution in [3.8, 4) is 17.2 Å². The van der Waals surface area contributed by atoms with E-state index >= 15 is 0 Å². The van der Waals surface area contributed by atoms with Crippen LogP contribution in [0.4, 0.5) is 5.69 Å². The summed E-state index contributed by atoms with van der Waals surface area (Å²) in [4.78, 5) is 29.4. The van der Waals surface area contributed by atoms with E-state index < -0.39 is 28.5 Å². The van der Waals surface area contributed by atoms with Gasteiger partial charge < -0.3 is 24.4 Å². The molecule has 0 spiro atoms. The zero-order valence-electron chi connectivity index (χ0n) is 26.7. The van der Waals surface area contributed by atoms with Gasteiger partial charge in [-0.25, -0.2) is 8.42 Å². The lowest BCUT2D eigenvalue weighted by Crippen LogP contribution is -2.53. The van der Waals surface area contributed by atoms with Crippen LogP contribution in [0.15, 0.2) is 71.6 Å². The second-order valence-corrected chi connectivity index (χ2v) is 13.3.